The summed E-state index contributed by atoms with van der Waals surface area (Å²) in [5.74, 6) is 0. The molecule has 0 saturated carbocycles. The van der Waals surface area contributed by atoms with E-state index in [2.05, 4.69) is 66.8 Å². The minimum absolute atomic E-state index is 0.275. The standard InChI is InChI=1S/C33H57N7O4/c1-6-8-35-14-18-42-20-16-37-10-12-39(31(35)37)25-27-22-28(24-29(23-27)34-30(41)44-33(3,4)5)26-40-13-11-38-17-21-43-19-15-36(9-7-2)32(38)40/h22-24,31-32H,6-21,25-26H2,1-5H3,(H,34,41). The van der Waals surface area contributed by atoms with E-state index in [1.165, 1.54) is 11.1 Å². The first-order valence-electron chi connectivity index (χ1n) is 17.0. The Morgan fingerprint density at radius 1 is 0.727 bits per heavy atom. The molecule has 0 spiro atoms. The second kappa shape index (κ2) is 15.6. The first kappa shape index (κ1) is 33.5. The molecule has 0 radical (unpaired) electrons. The summed E-state index contributed by atoms with van der Waals surface area (Å²) in [5.41, 5.74) is 2.68. The van der Waals surface area contributed by atoms with Gasteiger partial charge in [-0.1, -0.05) is 19.9 Å². The third kappa shape index (κ3) is 8.91. The van der Waals surface area contributed by atoms with Crippen LogP contribution >= 0.6 is 0 Å². The van der Waals surface area contributed by atoms with Crippen molar-refractivity contribution in [3.05, 3.63) is 29.3 Å². The summed E-state index contributed by atoms with van der Waals surface area (Å²) in [6, 6.07) is 6.64. The molecule has 4 aliphatic heterocycles. The summed E-state index contributed by atoms with van der Waals surface area (Å²) in [4.78, 5) is 28.4. The van der Waals surface area contributed by atoms with Crippen LogP contribution in [-0.2, 0) is 27.3 Å². The van der Waals surface area contributed by atoms with E-state index in [0.29, 0.717) is 0 Å². The molecule has 11 heteroatoms. The summed E-state index contributed by atoms with van der Waals surface area (Å²) in [7, 11) is 0. The Morgan fingerprint density at radius 2 is 1.20 bits per heavy atom. The SMILES string of the molecule is CCCN1CCOCCN2CCN(Cc3cc(CN4CCN5CCOCCN(CCC)C54)cc(NC(=O)OC(C)(C)C)c3)C12. The molecule has 4 saturated heterocycles. The van der Waals surface area contributed by atoms with Crippen molar-refractivity contribution in [2.45, 2.75) is 78.7 Å². The zero-order chi connectivity index (χ0) is 31.1. The molecule has 0 bridgehead atoms. The molecular formula is C33H57N7O4. The Kier molecular flexibility index (Phi) is 11.9. The third-order valence-corrected chi connectivity index (χ3v) is 8.89. The first-order valence-corrected chi connectivity index (χ1v) is 17.0. The molecule has 4 aliphatic rings. The Bertz CT molecular complexity index is 1000. The Hall–Kier alpha value is -1.83. The van der Waals surface area contributed by atoms with Gasteiger partial charge in [0.2, 0.25) is 0 Å². The van der Waals surface area contributed by atoms with Gasteiger partial charge in [-0.15, -0.1) is 0 Å². The number of carbonyl (C=O) groups is 1. The molecule has 1 amide bonds. The van der Waals surface area contributed by atoms with Crippen LogP contribution in [0.2, 0.25) is 0 Å². The fraction of sp³-hybridized carbons (Fsp3) is 0.788. The first-order chi connectivity index (χ1) is 21.2. The summed E-state index contributed by atoms with van der Waals surface area (Å²) in [6.07, 6.45) is 2.37. The Morgan fingerprint density at radius 3 is 1.66 bits per heavy atom. The van der Waals surface area contributed by atoms with Gasteiger partial charge in [-0.05, 0) is 56.9 Å². The number of hydrogen-bond acceptors (Lipinski definition) is 10. The molecule has 2 atom stereocenters. The molecule has 1 N–H and O–H groups in total. The van der Waals surface area contributed by atoms with Gasteiger partial charge in [-0.2, -0.15) is 0 Å². The van der Waals surface area contributed by atoms with E-state index in [-0.39, 0.29) is 12.6 Å². The Balaban J connectivity index is 1.39. The molecule has 5 rings (SSSR count). The van der Waals surface area contributed by atoms with Crippen LogP contribution in [0.4, 0.5) is 10.5 Å². The topological polar surface area (TPSA) is 76.2 Å². The molecule has 0 aliphatic carbocycles. The number of rotatable bonds is 9. The van der Waals surface area contributed by atoms with E-state index in [9.17, 15) is 4.79 Å². The van der Waals surface area contributed by atoms with Gasteiger partial charge >= 0.3 is 6.09 Å². The minimum atomic E-state index is -0.558. The second-order valence-corrected chi connectivity index (χ2v) is 13.7. The van der Waals surface area contributed by atoms with Gasteiger partial charge in [0.15, 0.2) is 0 Å². The van der Waals surface area contributed by atoms with Gasteiger partial charge < -0.3 is 14.2 Å². The van der Waals surface area contributed by atoms with Crippen LogP contribution in [0.1, 0.15) is 58.6 Å². The number of anilines is 1. The normalized spacial score (nSPS) is 25.6. The molecule has 1 aromatic rings. The highest BCUT2D eigenvalue weighted by Crippen LogP contribution is 2.27. The fourth-order valence-corrected chi connectivity index (χ4v) is 7.24. The average molecular weight is 616 g/mol. The van der Waals surface area contributed by atoms with Crippen LogP contribution in [0.5, 0.6) is 0 Å². The highest BCUT2D eigenvalue weighted by atomic mass is 16.6. The molecule has 248 valence electrons. The lowest BCUT2D eigenvalue weighted by molar-refractivity contribution is -0.0626. The van der Waals surface area contributed by atoms with Crippen LogP contribution in [0.15, 0.2) is 18.2 Å². The van der Waals surface area contributed by atoms with Crippen molar-refractivity contribution in [2.24, 2.45) is 0 Å². The number of amides is 1. The van der Waals surface area contributed by atoms with Gasteiger partial charge in [0.25, 0.3) is 0 Å². The summed E-state index contributed by atoms with van der Waals surface area (Å²) < 4.78 is 17.4. The van der Waals surface area contributed by atoms with Gasteiger partial charge in [-0.25, -0.2) is 4.79 Å². The van der Waals surface area contributed by atoms with Crippen molar-refractivity contribution in [3.8, 4) is 0 Å². The average Bonchev–Trinajstić information content (AvgIpc) is 3.50. The third-order valence-electron chi connectivity index (χ3n) is 8.89. The van der Waals surface area contributed by atoms with Crippen LogP contribution in [0, 0.1) is 0 Å². The predicted molar refractivity (Wildman–Crippen MR) is 173 cm³/mol. The minimum Gasteiger partial charge on any atom is -0.444 e. The zero-order valence-corrected chi connectivity index (χ0v) is 27.9. The molecule has 4 heterocycles. The van der Waals surface area contributed by atoms with Crippen molar-refractivity contribution >= 4 is 11.8 Å². The van der Waals surface area contributed by atoms with Gasteiger partial charge in [-0.3, -0.25) is 34.7 Å². The summed E-state index contributed by atoms with van der Waals surface area (Å²) >= 11 is 0. The van der Waals surface area contributed by atoms with Gasteiger partial charge in [0, 0.05) is 84.2 Å². The molecular weight excluding hydrogens is 558 g/mol. The number of ether oxygens (including phenoxy) is 3. The quantitative estimate of drug-likeness (QED) is 0.447. The second-order valence-electron chi connectivity index (χ2n) is 13.7. The van der Waals surface area contributed by atoms with Gasteiger partial charge in [0.1, 0.15) is 18.2 Å². The largest absolute Gasteiger partial charge is 0.444 e. The smallest absolute Gasteiger partial charge is 0.412 e. The van der Waals surface area contributed by atoms with E-state index >= 15 is 0 Å². The van der Waals surface area contributed by atoms with Crippen molar-refractivity contribution in [1.29, 1.82) is 0 Å². The maximum atomic E-state index is 12.9. The van der Waals surface area contributed by atoms with Crippen LogP contribution < -0.4 is 5.32 Å². The van der Waals surface area contributed by atoms with E-state index < -0.39 is 11.7 Å². The fourth-order valence-electron chi connectivity index (χ4n) is 7.24. The number of nitrogens with one attached hydrogen (secondary N) is 1. The van der Waals surface area contributed by atoms with E-state index in [0.717, 1.165) is 123 Å². The molecule has 4 fully saturated rings. The number of benzene rings is 1. The van der Waals surface area contributed by atoms with Crippen molar-refractivity contribution < 1.29 is 19.0 Å². The predicted octanol–water partition coefficient (Wildman–Crippen LogP) is 3.32. The number of nitrogens with zero attached hydrogens (tertiary/aromatic N) is 6. The zero-order valence-electron chi connectivity index (χ0n) is 27.9. The molecule has 2 unspecified atom stereocenters. The maximum absolute atomic E-state index is 12.9. The van der Waals surface area contributed by atoms with Crippen LogP contribution in [0.25, 0.3) is 0 Å². The highest BCUT2D eigenvalue weighted by molar-refractivity contribution is 5.85. The van der Waals surface area contributed by atoms with Crippen molar-refractivity contribution in [1.82, 2.24) is 29.4 Å². The van der Waals surface area contributed by atoms with Crippen molar-refractivity contribution in [3.63, 3.8) is 0 Å². The molecule has 11 nitrogen and oxygen atoms in total. The maximum Gasteiger partial charge on any atom is 0.412 e. The summed E-state index contributed by atoms with van der Waals surface area (Å²) in [6.45, 7) is 25.0. The van der Waals surface area contributed by atoms with E-state index in [4.69, 9.17) is 14.2 Å². The number of carbonyl (C=O) groups excluding carboxylic acids is 1. The van der Waals surface area contributed by atoms with Crippen molar-refractivity contribution in [2.75, 3.05) is 97.2 Å². The monoisotopic (exact) mass is 615 g/mol. The van der Waals surface area contributed by atoms with E-state index in [1.807, 2.05) is 20.8 Å². The number of hydrogen-bond donors (Lipinski definition) is 1. The summed E-state index contributed by atoms with van der Waals surface area (Å²) in [5, 5.41) is 3.06. The van der Waals surface area contributed by atoms with Crippen LogP contribution in [-0.4, -0.2) is 146 Å². The lowest BCUT2D eigenvalue weighted by atomic mass is 10.1. The number of fused-ring (bicyclic) bond motifs is 2. The van der Waals surface area contributed by atoms with Gasteiger partial charge in [0.05, 0.1) is 26.4 Å². The lowest BCUT2D eigenvalue weighted by Gasteiger charge is -2.41. The van der Waals surface area contributed by atoms with E-state index in [1.54, 1.807) is 0 Å². The lowest BCUT2D eigenvalue weighted by Crippen LogP contribution is -2.55. The molecule has 1 aromatic carbocycles. The molecule has 0 aromatic heterocycles. The van der Waals surface area contributed by atoms with Crippen LogP contribution in [0.3, 0.4) is 0 Å². The molecule has 44 heavy (non-hydrogen) atoms. The highest BCUT2D eigenvalue weighted by Gasteiger charge is 2.38. The Labute approximate surface area is 265 Å².